The lowest BCUT2D eigenvalue weighted by molar-refractivity contribution is 0.0640. The third kappa shape index (κ3) is 3.73. The Morgan fingerprint density at radius 3 is 2.71 bits per heavy atom. The Kier molecular flexibility index (Phi) is 5.42. The van der Waals surface area contributed by atoms with Gasteiger partial charge in [-0.25, -0.2) is 13.8 Å². The molecule has 3 aromatic rings. The summed E-state index contributed by atoms with van der Waals surface area (Å²) in [6, 6.07) is 10.6. The molecule has 0 atom stereocenters. The van der Waals surface area contributed by atoms with Gasteiger partial charge in [0.1, 0.15) is 23.9 Å². The van der Waals surface area contributed by atoms with Crippen molar-refractivity contribution < 1.29 is 17.9 Å². The highest BCUT2D eigenvalue weighted by atomic mass is 35.5. The second-order valence-corrected chi connectivity index (χ2v) is 6.13. The molecule has 0 saturated carbocycles. The van der Waals surface area contributed by atoms with Crippen molar-refractivity contribution >= 4 is 11.6 Å². The predicted molar refractivity (Wildman–Crippen MR) is 94.3 cm³/mol. The molecule has 0 aliphatic rings. The summed E-state index contributed by atoms with van der Waals surface area (Å²) in [7, 11) is 0. The maximum Gasteiger partial charge on any atom is 0.355 e. The molecule has 28 heavy (non-hydrogen) atoms. The lowest BCUT2D eigenvalue weighted by Crippen LogP contribution is -2.25. The van der Waals surface area contributed by atoms with E-state index in [-0.39, 0.29) is 33.5 Å². The summed E-state index contributed by atoms with van der Waals surface area (Å²) in [6.45, 7) is -1.89. The first kappa shape index (κ1) is 19.5. The number of aryl methyl sites for hydroxylation is 1. The third-order valence-electron chi connectivity index (χ3n) is 3.86. The summed E-state index contributed by atoms with van der Waals surface area (Å²) in [6.07, 6.45) is 0. The molecule has 144 valence electrons. The van der Waals surface area contributed by atoms with Crippen LogP contribution in [0.25, 0.3) is 5.69 Å². The summed E-state index contributed by atoms with van der Waals surface area (Å²) >= 11 is 5.99. The van der Waals surface area contributed by atoms with Gasteiger partial charge >= 0.3 is 12.2 Å². The van der Waals surface area contributed by atoms with E-state index in [1.54, 1.807) is 24.3 Å². The number of benzene rings is 2. The van der Waals surface area contributed by atoms with Crippen LogP contribution < -0.4 is 10.4 Å². The van der Waals surface area contributed by atoms with Gasteiger partial charge in [-0.15, -0.1) is 5.10 Å². The second kappa shape index (κ2) is 7.78. The fraction of sp³-hybridized carbons (Fsp3) is 0.167. The van der Waals surface area contributed by atoms with Crippen LogP contribution in [0.3, 0.4) is 0 Å². The van der Waals surface area contributed by atoms with E-state index in [1.807, 2.05) is 6.07 Å². The average Bonchev–Trinajstić information content (AvgIpc) is 2.95. The molecule has 0 radical (unpaired) electrons. The second-order valence-electron chi connectivity index (χ2n) is 5.72. The smallest absolute Gasteiger partial charge is 0.355 e. The summed E-state index contributed by atoms with van der Waals surface area (Å²) in [5.74, 6) is -1.17. The highest BCUT2D eigenvalue weighted by molar-refractivity contribution is 6.32. The van der Waals surface area contributed by atoms with Gasteiger partial charge in [-0.3, -0.25) is 0 Å². The zero-order chi connectivity index (χ0) is 20.4. The molecular weight excluding hydrogens is 397 g/mol. The number of aromatic nitrogens is 3. The number of hydrogen-bond donors (Lipinski definition) is 0. The highest BCUT2D eigenvalue weighted by Gasteiger charge is 2.21. The van der Waals surface area contributed by atoms with Crippen LogP contribution in [0.15, 0.2) is 41.2 Å². The standard InChI is InChI=1S/C18H12ClF3N4O2/c1-10-24-26(18(27)25(10)17(21)22)15-7-16(13(19)6-14(15)20)28-9-12-4-2-3-11(5-12)8-23/h2-7,17H,9H2,1H3. The van der Waals surface area contributed by atoms with Crippen molar-refractivity contribution in [3.8, 4) is 17.5 Å². The fourth-order valence-electron chi connectivity index (χ4n) is 2.54. The number of alkyl halides is 2. The molecule has 0 fully saturated rings. The molecule has 3 rings (SSSR count). The summed E-state index contributed by atoms with van der Waals surface area (Å²) in [5.41, 5.74) is -0.471. The topological polar surface area (TPSA) is 72.8 Å². The lowest BCUT2D eigenvalue weighted by Gasteiger charge is -2.11. The maximum absolute atomic E-state index is 14.3. The van der Waals surface area contributed by atoms with Crippen LogP contribution in [0.2, 0.25) is 5.02 Å². The number of ether oxygens (including phenoxy) is 1. The minimum Gasteiger partial charge on any atom is -0.487 e. The molecule has 0 N–H and O–H groups in total. The first-order chi connectivity index (χ1) is 13.3. The summed E-state index contributed by atoms with van der Waals surface area (Å²) in [4.78, 5) is 12.1. The largest absolute Gasteiger partial charge is 0.487 e. The molecule has 0 aliphatic heterocycles. The number of halogens is 4. The van der Waals surface area contributed by atoms with Gasteiger partial charge in [0.25, 0.3) is 0 Å². The fourth-order valence-corrected chi connectivity index (χ4v) is 2.75. The Morgan fingerprint density at radius 2 is 2.07 bits per heavy atom. The molecule has 0 unspecified atom stereocenters. The Hall–Kier alpha value is -3.25. The zero-order valence-corrected chi connectivity index (χ0v) is 15.1. The van der Waals surface area contributed by atoms with E-state index in [4.69, 9.17) is 21.6 Å². The zero-order valence-electron chi connectivity index (χ0n) is 14.4. The third-order valence-corrected chi connectivity index (χ3v) is 4.15. The summed E-state index contributed by atoms with van der Waals surface area (Å²) < 4.78 is 46.5. The SMILES string of the molecule is Cc1nn(-c2cc(OCc3cccc(C#N)c3)c(Cl)cc2F)c(=O)n1C(F)F. The lowest BCUT2D eigenvalue weighted by atomic mass is 10.1. The van der Waals surface area contributed by atoms with Crippen LogP contribution in [0.5, 0.6) is 5.75 Å². The van der Waals surface area contributed by atoms with Crippen LogP contribution in [0.4, 0.5) is 13.2 Å². The van der Waals surface area contributed by atoms with Crippen molar-refractivity contribution in [3.63, 3.8) is 0 Å². The number of nitriles is 1. The van der Waals surface area contributed by atoms with Crippen molar-refractivity contribution in [2.75, 3.05) is 0 Å². The minimum absolute atomic E-state index is 0.0136. The van der Waals surface area contributed by atoms with Gasteiger partial charge in [-0.2, -0.15) is 18.7 Å². The van der Waals surface area contributed by atoms with Crippen LogP contribution >= 0.6 is 11.6 Å². The Bertz CT molecular complexity index is 1130. The van der Waals surface area contributed by atoms with E-state index >= 15 is 0 Å². The van der Waals surface area contributed by atoms with Crippen LogP contribution in [0, 0.1) is 24.1 Å². The highest BCUT2D eigenvalue weighted by Crippen LogP contribution is 2.30. The van der Waals surface area contributed by atoms with Crippen LogP contribution in [0.1, 0.15) is 23.5 Å². The number of rotatable bonds is 5. The molecule has 0 aliphatic carbocycles. The van der Waals surface area contributed by atoms with E-state index in [2.05, 4.69) is 5.10 Å². The van der Waals surface area contributed by atoms with E-state index in [0.29, 0.717) is 15.8 Å². The van der Waals surface area contributed by atoms with Gasteiger partial charge in [-0.1, -0.05) is 23.7 Å². The van der Waals surface area contributed by atoms with E-state index < -0.39 is 18.1 Å². The number of hydrogen-bond acceptors (Lipinski definition) is 4. The van der Waals surface area contributed by atoms with Crippen molar-refractivity contribution in [3.05, 3.63) is 74.7 Å². The molecule has 0 spiro atoms. The van der Waals surface area contributed by atoms with Crippen molar-refractivity contribution in [1.82, 2.24) is 14.3 Å². The molecule has 0 saturated heterocycles. The van der Waals surface area contributed by atoms with Gasteiger partial charge in [0.2, 0.25) is 0 Å². The molecule has 10 heteroatoms. The van der Waals surface area contributed by atoms with Gasteiger partial charge in [0.05, 0.1) is 16.7 Å². The van der Waals surface area contributed by atoms with Crippen molar-refractivity contribution in [1.29, 1.82) is 5.26 Å². The van der Waals surface area contributed by atoms with Gasteiger partial charge in [-0.05, 0) is 30.7 Å². The molecule has 1 heterocycles. The van der Waals surface area contributed by atoms with Gasteiger partial charge in [0, 0.05) is 6.07 Å². The molecular formula is C18H12ClF3N4O2. The van der Waals surface area contributed by atoms with E-state index in [0.717, 1.165) is 12.1 Å². The van der Waals surface area contributed by atoms with Crippen LogP contribution in [-0.2, 0) is 6.61 Å². The first-order valence-electron chi connectivity index (χ1n) is 7.89. The first-order valence-corrected chi connectivity index (χ1v) is 8.27. The molecule has 6 nitrogen and oxygen atoms in total. The number of nitrogens with zero attached hydrogens (tertiary/aromatic N) is 4. The molecule has 0 bridgehead atoms. The summed E-state index contributed by atoms with van der Waals surface area (Å²) in [5, 5.41) is 12.5. The van der Waals surface area contributed by atoms with Crippen molar-refractivity contribution in [2.45, 2.75) is 20.1 Å². The molecule has 0 amide bonds. The maximum atomic E-state index is 14.3. The molecule has 1 aromatic heterocycles. The van der Waals surface area contributed by atoms with Gasteiger partial charge < -0.3 is 4.74 Å². The van der Waals surface area contributed by atoms with Crippen molar-refractivity contribution in [2.24, 2.45) is 0 Å². The van der Waals surface area contributed by atoms with Crippen LogP contribution in [-0.4, -0.2) is 14.3 Å². The van der Waals surface area contributed by atoms with E-state index in [1.165, 1.54) is 6.92 Å². The normalized spacial score (nSPS) is 10.9. The van der Waals surface area contributed by atoms with Gasteiger partial charge in [0.15, 0.2) is 5.82 Å². The average molecular weight is 409 g/mol. The quantitative estimate of drug-likeness (QED) is 0.640. The Labute approximate surface area is 162 Å². The minimum atomic E-state index is -3.11. The molecule has 2 aromatic carbocycles. The predicted octanol–water partition coefficient (Wildman–Crippen LogP) is 3.98. The monoisotopic (exact) mass is 408 g/mol. The Morgan fingerprint density at radius 1 is 1.32 bits per heavy atom. The Balaban J connectivity index is 1.96. The van der Waals surface area contributed by atoms with E-state index in [9.17, 15) is 18.0 Å².